The third-order valence-electron chi connectivity index (χ3n) is 6.47. The summed E-state index contributed by atoms with van der Waals surface area (Å²) < 4.78 is 24.1. The number of rotatable bonds is 6. The van der Waals surface area contributed by atoms with Gasteiger partial charge in [-0.1, -0.05) is 18.2 Å². The Morgan fingerprint density at radius 3 is 2.32 bits per heavy atom. The van der Waals surface area contributed by atoms with E-state index in [-0.39, 0.29) is 18.3 Å². The summed E-state index contributed by atoms with van der Waals surface area (Å²) in [5, 5.41) is 0.624. The van der Waals surface area contributed by atoms with Crippen molar-refractivity contribution in [3.63, 3.8) is 0 Å². The monoisotopic (exact) mass is 499 g/mol. The van der Waals surface area contributed by atoms with Gasteiger partial charge in [-0.15, -0.1) is 0 Å². The van der Waals surface area contributed by atoms with Crippen LogP contribution in [0.1, 0.15) is 10.4 Å². The Balaban J connectivity index is 1.24. The molecule has 4 aromatic rings. The molecule has 0 aliphatic carbocycles. The fourth-order valence-electron chi connectivity index (χ4n) is 4.42. The van der Waals surface area contributed by atoms with Crippen LogP contribution in [-0.4, -0.2) is 61.7 Å². The van der Waals surface area contributed by atoms with Gasteiger partial charge < -0.3 is 19.3 Å². The third kappa shape index (κ3) is 5.38. The summed E-state index contributed by atoms with van der Waals surface area (Å²) >= 11 is 0. The van der Waals surface area contributed by atoms with E-state index in [0.717, 1.165) is 11.4 Å². The fourth-order valence-corrected chi connectivity index (χ4v) is 4.42. The highest BCUT2D eigenvalue weighted by molar-refractivity contribution is 6.05. The van der Waals surface area contributed by atoms with Crippen molar-refractivity contribution < 1.29 is 23.5 Å². The molecule has 1 aromatic heterocycles. The minimum atomic E-state index is -0.604. The van der Waals surface area contributed by atoms with Crippen LogP contribution in [0.5, 0.6) is 5.75 Å². The molecule has 0 unspecified atom stereocenters. The number of para-hydroxylation sites is 1. The van der Waals surface area contributed by atoms with E-state index in [0.29, 0.717) is 53.9 Å². The van der Waals surface area contributed by atoms with Crippen LogP contribution in [0.15, 0.2) is 78.9 Å². The lowest BCUT2D eigenvalue weighted by Crippen LogP contribution is -2.49. The highest BCUT2D eigenvalue weighted by Gasteiger charge is 2.23. The van der Waals surface area contributed by atoms with Gasteiger partial charge in [-0.3, -0.25) is 4.79 Å². The van der Waals surface area contributed by atoms with Crippen molar-refractivity contribution in [2.24, 2.45) is 0 Å². The topological polar surface area (TPSA) is 72.0 Å². The number of carbonyl (C=O) groups excluding carboxylic acids is 2. The van der Waals surface area contributed by atoms with E-state index < -0.39 is 5.97 Å². The number of hydrogen-bond acceptors (Lipinski definition) is 6. The highest BCUT2D eigenvalue weighted by Crippen LogP contribution is 2.26. The highest BCUT2D eigenvalue weighted by atomic mass is 19.1. The molecule has 8 heteroatoms. The number of esters is 1. The zero-order chi connectivity index (χ0) is 25.8. The summed E-state index contributed by atoms with van der Waals surface area (Å²) in [5.74, 6) is -0.398. The molecule has 0 spiro atoms. The van der Waals surface area contributed by atoms with Gasteiger partial charge in [0.05, 0.1) is 23.9 Å². The van der Waals surface area contributed by atoms with Crippen molar-refractivity contribution >= 4 is 28.5 Å². The number of ether oxygens (including phenoxy) is 2. The number of aromatic nitrogens is 1. The molecular weight excluding hydrogens is 473 g/mol. The third-order valence-corrected chi connectivity index (χ3v) is 6.47. The Morgan fingerprint density at radius 1 is 0.919 bits per heavy atom. The number of piperazine rings is 1. The van der Waals surface area contributed by atoms with Crippen LogP contribution in [0.25, 0.3) is 22.2 Å². The summed E-state index contributed by atoms with van der Waals surface area (Å²) in [7, 11) is 1.63. The Hall–Kier alpha value is -4.46. The van der Waals surface area contributed by atoms with Crippen molar-refractivity contribution in [1.29, 1.82) is 0 Å². The first-order chi connectivity index (χ1) is 18.0. The number of fused-ring (bicyclic) bond motifs is 1. The van der Waals surface area contributed by atoms with Gasteiger partial charge in [0.1, 0.15) is 11.6 Å². The number of halogens is 1. The Morgan fingerprint density at radius 2 is 1.62 bits per heavy atom. The second-order valence-corrected chi connectivity index (χ2v) is 8.72. The van der Waals surface area contributed by atoms with Gasteiger partial charge in [0.25, 0.3) is 5.91 Å². The predicted octanol–water partition coefficient (Wildman–Crippen LogP) is 4.56. The smallest absolute Gasteiger partial charge is 0.339 e. The fraction of sp³-hybridized carbons (Fsp3) is 0.207. The Kier molecular flexibility index (Phi) is 6.98. The lowest BCUT2D eigenvalue weighted by Gasteiger charge is -2.36. The minimum absolute atomic E-state index is 0.236. The standard InChI is InChI=1S/C29H26FN3O4/c1-36-23-12-10-22(11-13-23)32-14-16-33(17-15-32)28(34)19-37-29(35)25-18-27(20-6-8-21(30)9-7-20)31-26-5-3-2-4-24(25)26/h2-13,18H,14-17,19H2,1H3. The van der Waals surface area contributed by atoms with Crippen molar-refractivity contribution in [2.75, 3.05) is 44.8 Å². The summed E-state index contributed by atoms with van der Waals surface area (Å²) in [4.78, 5) is 34.4. The molecule has 0 radical (unpaired) electrons. The molecule has 1 saturated heterocycles. The molecule has 7 nitrogen and oxygen atoms in total. The first kappa shape index (κ1) is 24.2. The summed E-state index contributed by atoms with van der Waals surface area (Å²) in [6.07, 6.45) is 0. The average Bonchev–Trinajstić information content (AvgIpc) is 2.95. The number of anilines is 1. The van der Waals surface area contributed by atoms with Crippen LogP contribution in [-0.2, 0) is 9.53 Å². The van der Waals surface area contributed by atoms with E-state index in [2.05, 4.69) is 9.88 Å². The molecule has 3 aromatic carbocycles. The molecule has 188 valence electrons. The van der Waals surface area contributed by atoms with Gasteiger partial charge >= 0.3 is 5.97 Å². The molecule has 1 aliphatic heterocycles. The lowest BCUT2D eigenvalue weighted by molar-refractivity contribution is -0.134. The van der Waals surface area contributed by atoms with Crippen LogP contribution in [0.4, 0.5) is 10.1 Å². The zero-order valence-electron chi connectivity index (χ0n) is 20.4. The molecule has 1 aliphatic rings. The van der Waals surface area contributed by atoms with Crippen LogP contribution < -0.4 is 9.64 Å². The molecule has 0 saturated carbocycles. The van der Waals surface area contributed by atoms with Crippen LogP contribution in [0.2, 0.25) is 0 Å². The number of carbonyl (C=O) groups is 2. The van der Waals surface area contributed by atoms with E-state index in [1.807, 2.05) is 36.4 Å². The SMILES string of the molecule is COc1ccc(N2CCN(C(=O)COC(=O)c3cc(-c4ccc(F)cc4)nc4ccccc34)CC2)cc1. The molecule has 1 amide bonds. The van der Waals surface area contributed by atoms with Crippen molar-refractivity contribution in [3.05, 3.63) is 90.2 Å². The van der Waals surface area contributed by atoms with Crippen molar-refractivity contribution in [3.8, 4) is 17.0 Å². The van der Waals surface area contributed by atoms with Crippen molar-refractivity contribution in [2.45, 2.75) is 0 Å². The Labute approximate surface area is 214 Å². The number of amides is 1. The van der Waals surface area contributed by atoms with Gasteiger partial charge in [0, 0.05) is 42.8 Å². The molecule has 0 N–H and O–H groups in total. The molecule has 0 bridgehead atoms. The van der Waals surface area contributed by atoms with E-state index in [1.54, 1.807) is 42.3 Å². The Bertz CT molecular complexity index is 1420. The maximum Gasteiger partial charge on any atom is 0.339 e. The van der Waals surface area contributed by atoms with Crippen LogP contribution in [0, 0.1) is 5.82 Å². The first-order valence-corrected chi connectivity index (χ1v) is 12.0. The molecular formula is C29H26FN3O4. The number of pyridine rings is 1. The van der Waals surface area contributed by atoms with Crippen LogP contribution >= 0.6 is 0 Å². The van der Waals surface area contributed by atoms with Gasteiger partial charge in [0.15, 0.2) is 6.61 Å². The van der Waals surface area contributed by atoms with E-state index in [4.69, 9.17) is 9.47 Å². The average molecular weight is 500 g/mol. The number of nitrogens with zero attached hydrogens (tertiary/aromatic N) is 3. The van der Waals surface area contributed by atoms with Crippen molar-refractivity contribution in [1.82, 2.24) is 9.88 Å². The van der Waals surface area contributed by atoms with Gasteiger partial charge in [-0.25, -0.2) is 14.2 Å². The lowest BCUT2D eigenvalue weighted by atomic mass is 10.0. The molecule has 2 heterocycles. The zero-order valence-corrected chi connectivity index (χ0v) is 20.4. The normalized spacial score (nSPS) is 13.5. The quantitative estimate of drug-likeness (QED) is 0.363. The number of benzene rings is 3. The summed E-state index contributed by atoms with van der Waals surface area (Å²) in [6.45, 7) is 2.10. The van der Waals surface area contributed by atoms with Gasteiger partial charge in [-0.05, 0) is 60.7 Å². The first-order valence-electron chi connectivity index (χ1n) is 12.0. The number of hydrogen-bond donors (Lipinski definition) is 0. The molecule has 0 atom stereocenters. The van der Waals surface area contributed by atoms with Crippen LogP contribution in [0.3, 0.4) is 0 Å². The predicted molar refractivity (Wildman–Crippen MR) is 139 cm³/mol. The van der Waals surface area contributed by atoms with Gasteiger partial charge in [0.2, 0.25) is 0 Å². The molecule has 5 rings (SSSR count). The second kappa shape index (κ2) is 10.7. The van der Waals surface area contributed by atoms with Gasteiger partial charge in [-0.2, -0.15) is 0 Å². The molecule has 37 heavy (non-hydrogen) atoms. The van der Waals surface area contributed by atoms with E-state index >= 15 is 0 Å². The maximum atomic E-state index is 13.4. The maximum absolute atomic E-state index is 13.4. The summed E-state index contributed by atoms with van der Waals surface area (Å²) in [5.41, 5.74) is 3.18. The molecule has 1 fully saturated rings. The minimum Gasteiger partial charge on any atom is -0.497 e. The van der Waals surface area contributed by atoms with E-state index in [1.165, 1.54) is 12.1 Å². The second-order valence-electron chi connectivity index (χ2n) is 8.72. The number of methoxy groups -OCH3 is 1. The summed E-state index contributed by atoms with van der Waals surface area (Å²) in [6, 6.07) is 22.6. The van der Waals surface area contributed by atoms with E-state index in [9.17, 15) is 14.0 Å². The largest absolute Gasteiger partial charge is 0.497 e.